The number of carbonyl (C=O) groups is 2. The van der Waals surface area contributed by atoms with Crippen molar-refractivity contribution in [1.82, 2.24) is 4.90 Å². The second kappa shape index (κ2) is 9.38. The highest BCUT2D eigenvalue weighted by atomic mass is 32.1. The summed E-state index contributed by atoms with van der Waals surface area (Å²) in [6, 6.07) is 15.2. The van der Waals surface area contributed by atoms with E-state index in [-0.39, 0.29) is 23.4 Å². The number of ketones is 1. The zero-order valence-electron chi connectivity index (χ0n) is 18.4. The first-order valence-corrected chi connectivity index (χ1v) is 11.0. The van der Waals surface area contributed by atoms with Gasteiger partial charge in [0.2, 0.25) is 0 Å². The van der Waals surface area contributed by atoms with Gasteiger partial charge in [0.25, 0.3) is 11.7 Å². The molecule has 4 rings (SSSR count). The van der Waals surface area contributed by atoms with Crippen LogP contribution in [0.25, 0.3) is 5.76 Å². The summed E-state index contributed by atoms with van der Waals surface area (Å²) < 4.78 is 15.9. The van der Waals surface area contributed by atoms with Gasteiger partial charge in [0, 0.05) is 11.4 Å². The Hall–Kier alpha value is -3.78. The van der Waals surface area contributed by atoms with Crippen LogP contribution in [0.15, 0.2) is 65.6 Å². The van der Waals surface area contributed by atoms with Crippen LogP contribution in [0.4, 0.5) is 0 Å². The van der Waals surface area contributed by atoms with E-state index in [1.54, 1.807) is 37.4 Å². The summed E-state index contributed by atoms with van der Waals surface area (Å²) >= 11 is 1.41. The molecule has 1 N–H and O–H groups in total. The lowest BCUT2D eigenvalue weighted by Crippen LogP contribution is -2.28. The number of likely N-dealkylation sites (tertiary alicyclic amines) is 1. The van der Waals surface area contributed by atoms with Crippen LogP contribution in [0, 0.1) is 0 Å². The maximum absolute atomic E-state index is 13.2. The number of aliphatic hydroxyl groups excluding tert-OH is 1. The number of carbonyl (C=O) groups excluding carboxylic acids is 2. The Morgan fingerprint density at radius 1 is 0.970 bits per heavy atom. The molecule has 7 nitrogen and oxygen atoms in total. The maximum atomic E-state index is 13.2. The highest BCUT2D eigenvalue weighted by molar-refractivity contribution is 7.10. The Morgan fingerprint density at radius 3 is 2.27 bits per heavy atom. The molecule has 3 aromatic rings. The maximum Gasteiger partial charge on any atom is 0.295 e. The van der Waals surface area contributed by atoms with Gasteiger partial charge in [-0.25, -0.2) is 0 Å². The lowest BCUT2D eigenvalue weighted by molar-refractivity contribution is -0.140. The summed E-state index contributed by atoms with van der Waals surface area (Å²) in [6.45, 7) is 0.198. The molecule has 1 aliphatic rings. The van der Waals surface area contributed by atoms with E-state index in [0.717, 1.165) is 10.4 Å². The number of hydrogen-bond acceptors (Lipinski definition) is 7. The number of rotatable bonds is 7. The summed E-state index contributed by atoms with van der Waals surface area (Å²) in [7, 11) is 4.56. The van der Waals surface area contributed by atoms with Crippen LogP contribution in [0.3, 0.4) is 0 Å². The predicted octanol–water partition coefficient (Wildman–Crippen LogP) is 4.40. The fourth-order valence-electron chi connectivity index (χ4n) is 3.86. The van der Waals surface area contributed by atoms with Crippen molar-refractivity contribution < 1.29 is 28.9 Å². The standard InChI is InChI=1S/C25H23NO6S/c1-30-16-8-6-15(7-9-16)14-26-22(20-5-4-12-33-20)21(24(28)25(26)29)23(27)18-13-17(31-2)10-11-19(18)32-3/h4-13,22,27H,14H2,1-3H3/b23-21-. The lowest BCUT2D eigenvalue weighted by Gasteiger charge is -2.24. The molecule has 33 heavy (non-hydrogen) atoms. The number of Topliss-reactive ketones (excluding diaryl/α,β-unsaturated/α-hetero) is 1. The average molecular weight is 466 g/mol. The molecule has 2 aromatic carbocycles. The highest BCUT2D eigenvalue weighted by Crippen LogP contribution is 2.43. The monoisotopic (exact) mass is 465 g/mol. The zero-order valence-corrected chi connectivity index (χ0v) is 19.2. The number of ether oxygens (including phenoxy) is 3. The smallest absolute Gasteiger partial charge is 0.295 e. The van der Waals surface area contributed by atoms with Gasteiger partial charge in [-0.3, -0.25) is 9.59 Å². The van der Waals surface area contributed by atoms with Crippen molar-refractivity contribution in [3.8, 4) is 17.2 Å². The molecule has 0 spiro atoms. The van der Waals surface area contributed by atoms with Crippen LogP contribution in [-0.4, -0.2) is 43.0 Å². The average Bonchev–Trinajstić information content (AvgIpc) is 3.46. The molecule has 8 heteroatoms. The van der Waals surface area contributed by atoms with E-state index < -0.39 is 17.7 Å². The number of aliphatic hydroxyl groups is 1. The van der Waals surface area contributed by atoms with E-state index in [0.29, 0.717) is 17.2 Å². The van der Waals surface area contributed by atoms with Gasteiger partial charge in [-0.2, -0.15) is 0 Å². The SMILES string of the molecule is COc1ccc(CN2C(=O)C(=O)/C(=C(\O)c3cc(OC)ccc3OC)C2c2cccs2)cc1. The van der Waals surface area contributed by atoms with Crippen LogP contribution < -0.4 is 14.2 Å². The Kier molecular flexibility index (Phi) is 6.37. The Labute approximate surface area is 195 Å². The minimum Gasteiger partial charge on any atom is -0.507 e. The van der Waals surface area contributed by atoms with Gasteiger partial charge in [0.05, 0.1) is 38.5 Å². The number of amides is 1. The Morgan fingerprint density at radius 2 is 1.67 bits per heavy atom. The Balaban J connectivity index is 1.83. The fourth-order valence-corrected chi connectivity index (χ4v) is 4.70. The molecule has 0 saturated carbocycles. The van der Waals surface area contributed by atoms with Gasteiger partial charge in [0.1, 0.15) is 23.0 Å². The molecule has 1 unspecified atom stereocenters. The third-order valence-electron chi connectivity index (χ3n) is 5.53. The second-order valence-electron chi connectivity index (χ2n) is 7.36. The number of thiophene rings is 1. The fraction of sp³-hybridized carbons (Fsp3) is 0.200. The van der Waals surface area contributed by atoms with Crippen molar-refractivity contribution in [2.75, 3.05) is 21.3 Å². The summed E-state index contributed by atoms with van der Waals surface area (Å²) in [5, 5.41) is 13.2. The molecule has 1 aromatic heterocycles. The number of hydrogen-bond donors (Lipinski definition) is 1. The highest BCUT2D eigenvalue weighted by Gasteiger charge is 2.46. The van der Waals surface area contributed by atoms with Crippen molar-refractivity contribution >= 4 is 28.8 Å². The van der Waals surface area contributed by atoms with Crippen LogP contribution in [0.1, 0.15) is 22.0 Å². The van der Waals surface area contributed by atoms with E-state index in [4.69, 9.17) is 14.2 Å². The topological polar surface area (TPSA) is 85.3 Å². The van der Waals surface area contributed by atoms with Gasteiger partial charge in [-0.1, -0.05) is 18.2 Å². The van der Waals surface area contributed by atoms with Gasteiger partial charge in [0.15, 0.2) is 0 Å². The van der Waals surface area contributed by atoms with Crippen molar-refractivity contribution in [2.24, 2.45) is 0 Å². The largest absolute Gasteiger partial charge is 0.507 e. The van der Waals surface area contributed by atoms with Gasteiger partial charge in [-0.05, 0) is 47.3 Å². The lowest BCUT2D eigenvalue weighted by atomic mass is 9.99. The molecule has 0 radical (unpaired) electrons. The van der Waals surface area contributed by atoms with Crippen LogP contribution in [0.5, 0.6) is 17.2 Å². The molecule has 1 atom stereocenters. The number of nitrogens with zero attached hydrogens (tertiary/aromatic N) is 1. The van der Waals surface area contributed by atoms with Crippen LogP contribution in [-0.2, 0) is 16.1 Å². The molecule has 1 amide bonds. The van der Waals surface area contributed by atoms with Crippen molar-refractivity contribution in [2.45, 2.75) is 12.6 Å². The Bertz CT molecular complexity index is 1200. The predicted molar refractivity (Wildman–Crippen MR) is 125 cm³/mol. The summed E-state index contributed by atoms with van der Waals surface area (Å²) in [6.07, 6.45) is 0. The molecule has 1 fully saturated rings. The van der Waals surface area contributed by atoms with E-state index in [1.165, 1.54) is 30.5 Å². The first kappa shape index (κ1) is 22.4. The first-order chi connectivity index (χ1) is 16.0. The molecular formula is C25H23NO6S. The van der Waals surface area contributed by atoms with Gasteiger partial charge in [-0.15, -0.1) is 11.3 Å². The summed E-state index contributed by atoms with van der Waals surface area (Å²) in [4.78, 5) is 28.6. The molecule has 1 saturated heterocycles. The molecule has 0 bridgehead atoms. The molecule has 170 valence electrons. The van der Waals surface area contributed by atoms with Crippen molar-refractivity contribution in [3.05, 3.63) is 81.6 Å². The van der Waals surface area contributed by atoms with Gasteiger partial charge >= 0.3 is 0 Å². The molecule has 2 heterocycles. The summed E-state index contributed by atoms with van der Waals surface area (Å²) in [5.41, 5.74) is 1.13. The summed E-state index contributed by atoms with van der Waals surface area (Å²) in [5.74, 6) is -0.186. The molecule has 1 aliphatic heterocycles. The minimum atomic E-state index is -0.746. The third-order valence-corrected chi connectivity index (χ3v) is 6.45. The normalized spacial score (nSPS) is 17.3. The van der Waals surface area contributed by atoms with Crippen molar-refractivity contribution in [3.63, 3.8) is 0 Å². The first-order valence-electron chi connectivity index (χ1n) is 10.2. The molecular weight excluding hydrogens is 442 g/mol. The van der Waals surface area contributed by atoms with E-state index in [9.17, 15) is 14.7 Å². The quantitative estimate of drug-likeness (QED) is 0.316. The van der Waals surface area contributed by atoms with Crippen LogP contribution >= 0.6 is 11.3 Å². The van der Waals surface area contributed by atoms with E-state index >= 15 is 0 Å². The van der Waals surface area contributed by atoms with E-state index in [1.807, 2.05) is 29.6 Å². The van der Waals surface area contributed by atoms with Crippen molar-refractivity contribution in [1.29, 1.82) is 0 Å². The minimum absolute atomic E-state index is 0.0162. The van der Waals surface area contributed by atoms with Crippen LogP contribution in [0.2, 0.25) is 0 Å². The van der Waals surface area contributed by atoms with E-state index in [2.05, 4.69) is 0 Å². The molecule has 0 aliphatic carbocycles. The zero-order chi connectivity index (χ0) is 23.5. The second-order valence-corrected chi connectivity index (χ2v) is 8.34. The number of benzene rings is 2. The number of methoxy groups -OCH3 is 3. The third kappa shape index (κ3) is 4.17. The van der Waals surface area contributed by atoms with Gasteiger partial charge < -0.3 is 24.2 Å².